The van der Waals surface area contributed by atoms with Crippen LogP contribution >= 0.6 is 0 Å². The second kappa shape index (κ2) is 7.50. The Kier molecular flexibility index (Phi) is 4.90. The summed E-state index contributed by atoms with van der Waals surface area (Å²) in [5, 5.41) is 3.95. The quantitative estimate of drug-likeness (QED) is 0.692. The van der Waals surface area contributed by atoms with Crippen molar-refractivity contribution in [2.45, 2.75) is 26.7 Å². The number of hydrogen-bond acceptors (Lipinski definition) is 5. The molecular formula is C21H21FN4O2. The minimum absolute atomic E-state index is 0.0534. The predicted octanol–water partition coefficient (Wildman–Crippen LogP) is 3.59. The zero-order valence-electron chi connectivity index (χ0n) is 15.9. The molecule has 0 saturated carbocycles. The van der Waals surface area contributed by atoms with Crippen molar-refractivity contribution in [3.05, 3.63) is 65.2 Å². The fraction of sp³-hybridized carbons (Fsp3) is 0.333. The molecule has 0 aliphatic carbocycles. The van der Waals surface area contributed by atoms with E-state index in [9.17, 15) is 9.18 Å². The Balaban J connectivity index is 1.39. The number of likely N-dealkylation sites (tertiary alicyclic amines) is 1. The van der Waals surface area contributed by atoms with Crippen molar-refractivity contribution in [3.63, 3.8) is 0 Å². The Morgan fingerprint density at radius 1 is 1.21 bits per heavy atom. The van der Waals surface area contributed by atoms with Gasteiger partial charge in [-0.15, -0.1) is 0 Å². The van der Waals surface area contributed by atoms with Crippen LogP contribution in [0.15, 0.2) is 41.2 Å². The fourth-order valence-electron chi connectivity index (χ4n) is 3.69. The molecule has 7 heteroatoms. The van der Waals surface area contributed by atoms with Crippen molar-refractivity contribution < 1.29 is 13.7 Å². The summed E-state index contributed by atoms with van der Waals surface area (Å²) in [6.45, 7) is 5.11. The van der Waals surface area contributed by atoms with E-state index in [0.717, 1.165) is 41.2 Å². The smallest absolute Gasteiger partial charge is 0.253 e. The Morgan fingerprint density at radius 2 is 2.00 bits per heavy atom. The van der Waals surface area contributed by atoms with Crippen LogP contribution in [-0.2, 0) is 6.42 Å². The van der Waals surface area contributed by atoms with Crippen LogP contribution in [-0.4, -0.2) is 39.0 Å². The van der Waals surface area contributed by atoms with Gasteiger partial charge in [-0.1, -0.05) is 5.16 Å². The van der Waals surface area contributed by atoms with E-state index in [2.05, 4.69) is 15.1 Å². The number of halogens is 1. The van der Waals surface area contributed by atoms with Gasteiger partial charge in [0, 0.05) is 24.8 Å². The second-order valence-electron chi connectivity index (χ2n) is 7.21. The first-order chi connectivity index (χ1) is 13.5. The summed E-state index contributed by atoms with van der Waals surface area (Å²) in [7, 11) is 0. The van der Waals surface area contributed by atoms with E-state index in [-0.39, 0.29) is 11.7 Å². The van der Waals surface area contributed by atoms with Crippen LogP contribution < -0.4 is 0 Å². The van der Waals surface area contributed by atoms with Crippen LogP contribution in [0.3, 0.4) is 0 Å². The molecule has 0 spiro atoms. The highest BCUT2D eigenvalue weighted by atomic mass is 19.1. The molecule has 1 amide bonds. The van der Waals surface area contributed by atoms with Crippen LogP contribution in [0.1, 0.15) is 33.9 Å². The monoisotopic (exact) mass is 380 g/mol. The fourth-order valence-corrected chi connectivity index (χ4v) is 3.69. The van der Waals surface area contributed by atoms with Crippen LogP contribution in [0.4, 0.5) is 4.39 Å². The molecular weight excluding hydrogens is 359 g/mol. The Labute approximate surface area is 162 Å². The van der Waals surface area contributed by atoms with Gasteiger partial charge in [0.15, 0.2) is 0 Å². The molecule has 0 N–H and O–H groups in total. The lowest BCUT2D eigenvalue weighted by atomic mass is 10.0. The number of amides is 1. The molecule has 1 aliphatic heterocycles. The maximum Gasteiger partial charge on any atom is 0.253 e. The van der Waals surface area contributed by atoms with Gasteiger partial charge in [0.25, 0.3) is 5.91 Å². The van der Waals surface area contributed by atoms with Crippen LogP contribution in [0.5, 0.6) is 0 Å². The number of benzene rings is 1. The van der Waals surface area contributed by atoms with E-state index in [1.807, 2.05) is 18.7 Å². The normalized spacial score (nSPS) is 16.5. The molecule has 1 atom stereocenters. The summed E-state index contributed by atoms with van der Waals surface area (Å²) in [4.78, 5) is 23.4. The van der Waals surface area contributed by atoms with Crippen LogP contribution in [0.2, 0.25) is 0 Å². The Hall–Kier alpha value is -3.09. The van der Waals surface area contributed by atoms with E-state index in [4.69, 9.17) is 4.52 Å². The van der Waals surface area contributed by atoms with Crippen molar-refractivity contribution in [2.75, 3.05) is 13.1 Å². The van der Waals surface area contributed by atoms with Gasteiger partial charge in [0.1, 0.15) is 11.6 Å². The first-order valence-corrected chi connectivity index (χ1v) is 9.30. The van der Waals surface area contributed by atoms with Gasteiger partial charge in [-0.05, 0) is 56.9 Å². The summed E-state index contributed by atoms with van der Waals surface area (Å²) >= 11 is 0. The number of carbonyl (C=O) groups is 1. The summed E-state index contributed by atoms with van der Waals surface area (Å²) in [5.74, 6) is 0.672. The lowest BCUT2D eigenvalue weighted by Gasteiger charge is -2.16. The molecule has 4 rings (SSSR count). The number of aryl methyl sites for hydroxylation is 2. The molecule has 0 radical (unpaired) electrons. The molecule has 3 heterocycles. The average Bonchev–Trinajstić information content (AvgIpc) is 3.29. The number of carbonyl (C=O) groups excluding carboxylic acids is 1. The molecule has 1 aromatic carbocycles. The molecule has 2 aromatic heterocycles. The van der Waals surface area contributed by atoms with Gasteiger partial charge in [-0.25, -0.2) is 4.39 Å². The lowest BCUT2D eigenvalue weighted by molar-refractivity contribution is 0.0787. The van der Waals surface area contributed by atoms with Crippen LogP contribution in [0.25, 0.3) is 11.3 Å². The molecule has 1 saturated heterocycles. The molecule has 3 aromatic rings. The summed E-state index contributed by atoms with van der Waals surface area (Å²) in [6.07, 6.45) is 5.21. The van der Waals surface area contributed by atoms with Crippen molar-refractivity contribution >= 4 is 5.91 Å². The van der Waals surface area contributed by atoms with Gasteiger partial charge in [0.05, 0.1) is 28.8 Å². The van der Waals surface area contributed by atoms with Crippen molar-refractivity contribution in [2.24, 2.45) is 5.92 Å². The van der Waals surface area contributed by atoms with E-state index in [1.54, 1.807) is 12.4 Å². The summed E-state index contributed by atoms with van der Waals surface area (Å²) in [5.41, 5.74) is 3.85. The maximum absolute atomic E-state index is 13.0. The first kappa shape index (κ1) is 18.3. The highest BCUT2D eigenvalue weighted by Gasteiger charge is 2.27. The van der Waals surface area contributed by atoms with Gasteiger partial charge >= 0.3 is 0 Å². The third kappa shape index (κ3) is 3.65. The van der Waals surface area contributed by atoms with Gasteiger partial charge in [0.2, 0.25) is 0 Å². The number of rotatable bonds is 4. The van der Waals surface area contributed by atoms with Gasteiger partial charge in [-0.3, -0.25) is 14.8 Å². The zero-order valence-corrected chi connectivity index (χ0v) is 15.9. The predicted molar refractivity (Wildman–Crippen MR) is 101 cm³/mol. The van der Waals surface area contributed by atoms with Crippen LogP contribution in [0, 0.1) is 25.6 Å². The molecule has 1 unspecified atom stereocenters. The number of nitrogens with zero attached hydrogens (tertiary/aromatic N) is 4. The van der Waals surface area contributed by atoms with Gasteiger partial charge in [-0.2, -0.15) is 0 Å². The number of aromatic nitrogens is 3. The van der Waals surface area contributed by atoms with Gasteiger partial charge < -0.3 is 9.42 Å². The molecule has 6 nitrogen and oxygen atoms in total. The third-order valence-corrected chi connectivity index (χ3v) is 5.16. The Morgan fingerprint density at radius 3 is 2.64 bits per heavy atom. The van der Waals surface area contributed by atoms with E-state index in [1.165, 1.54) is 24.3 Å². The standard InChI is InChI=1S/C21H21FN4O2/c1-13-20(14(2)28-25-13)19-11-23-18(10-24-19)9-15-7-8-26(12-15)21(27)16-3-5-17(22)6-4-16/h3-6,10-11,15H,7-9,12H2,1-2H3. The van der Waals surface area contributed by atoms with Crippen molar-refractivity contribution in [3.8, 4) is 11.3 Å². The minimum atomic E-state index is -0.338. The van der Waals surface area contributed by atoms with E-state index in [0.29, 0.717) is 24.6 Å². The first-order valence-electron chi connectivity index (χ1n) is 9.30. The largest absolute Gasteiger partial charge is 0.361 e. The molecule has 28 heavy (non-hydrogen) atoms. The van der Waals surface area contributed by atoms with E-state index >= 15 is 0 Å². The number of hydrogen-bond donors (Lipinski definition) is 0. The second-order valence-corrected chi connectivity index (χ2v) is 7.21. The minimum Gasteiger partial charge on any atom is -0.361 e. The zero-order chi connectivity index (χ0) is 19.7. The molecule has 1 fully saturated rings. The highest BCUT2D eigenvalue weighted by Crippen LogP contribution is 2.25. The maximum atomic E-state index is 13.0. The summed E-state index contributed by atoms with van der Waals surface area (Å²) < 4.78 is 18.2. The molecule has 144 valence electrons. The van der Waals surface area contributed by atoms with Crippen molar-refractivity contribution in [1.29, 1.82) is 0 Å². The van der Waals surface area contributed by atoms with Crippen molar-refractivity contribution in [1.82, 2.24) is 20.0 Å². The Bertz CT molecular complexity index is 963. The van der Waals surface area contributed by atoms with E-state index < -0.39 is 0 Å². The lowest BCUT2D eigenvalue weighted by Crippen LogP contribution is -2.29. The summed E-state index contributed by atoms with van der Waals surface area (Å²) in [6, 6.07) is 5.70. The molecule has 0 bridgehead atoms. The SMILES string of the molecule is Cc1noc(C)c1-c1cnc(CC2CCN(C(=O)c3ccc(F)cc3)C2)cn1. The highest BCUT2D eigenvalue weighted by molar-refractivity contribution is 5.94. The topological polar surface area (TPSA) is 72.1 Å². The average molecular weight is 380 g/mol. The molecule has 1 aliphatic rings. The third-order valence-electron chi connectivity index (χ3n) is 5.16.